The van der Waals surface area contributed by atoms with E-state index in [9.17, 15) is 9.59 Å². The van der Waals surface area contributed by atoms with Crippen LogP contribution >= 0.6 is 0 Å². The molecule has 0 rings (SSSR count). The first kappa shape index (κ1) is 15.4. The molecule has 0 radical (unpaired) electrons. The summed E-state index contributed by atoms with van der Waals surface area (Å²) in [5, 5.41) is 11.0. The lowest BCUT2D eigenvalue weighted by molar-refractivity contribution is -0.138. The first-order valence-corrected chi connectivity index (χ1v) is 5.45. The number of hydrogen-bond acceptors (Lipinski definition) is 4. The number of rotatable bonds is 11. The summed E-state index contributed by atoms with van der Waals surface area (Å²) in [5.41, 5.74) is 0. The van der Waals surface area contributed by atoms with Gasteiger partial charge >= 0.3 is 5.97 Å². The van der Waals surface area contributed by atoms with Crippen LogP contribution in [0.3, 0.4) is 0 Å². The number of carboxylic acids is 1. The van der Waals surface area contributed by atoms with Crippen LogP contribution < -0.4 is 5.32 Å². The monoisotopic (exact) mass is 245 g/mol. The van der Waals surface area contributed by atoms with Crippen molar-refractivity contribution in [3.8, 4) is 0 Å². The van der Waals surface area contributed by atoms with Gasteiger partial charge in [0.1, 0.15) is 6.61 Å². The maximum atomic E-state index is 11.1. The average Bonchev–Trinajstić information content (AvgIpc) is 2.30. The molecule has 0 bridgehead atoms. The van der Waals surface area contributed by atoms with Gasteiger partial charge in [-0.3, -0.25) is 9.59 Å². The summed E-state index contributed by atoms with van der Waals surface area (Å²) in [6.45, 7) is 5.36. The topological polar surface area (TPSA) is 84.9 Å². The molecule has 0 saturated carbocycles. The molecule has 6 heteroatoms. The molecule has 98 valence electrons. The quantitative estimate of drug-likeness (QED) is 0.410. The zero-order valence-corrected chi connectivity index (χ0v) is 9.81. The van der Waals surface area contributed by atoms with Crippen LogP contribution in [0.1, 0.15) is 19.3 Å². The molecule has 0 saturated heterocycles. The number of carbonyl (C=O) groups is 2. The number of nitrogens with one attached hydrogen (secondary N) is 1. The van der Waals surface area contributed by atoms with Gasteiger partial charge in [0.15, 0.2) is 0 Å². The Morgan fingerprint density at radius 3 is 2.65 bits per heavy atom. The summed E-state index contributed by atoms with van der Waals surface area (Å²) in [5.74, 6) is -1.21. The van der Waals surface area contributed by atoms with Crippen molar-refractivity contribution in [2.24, 2.45) is 0 Å². The van der Waals surface area contributed by atoms with E-state index in [0.29, 0.717) is 32.8 Å². The summed E-state index contributed by atoms with van der Waals surface area (Å²) >= 11 is 0. The maximum Gasteiger partial charge on any atom is 0.303 e. The Morgan fingerprint density at radius 1 is 1.24 bits per heavy atom. The molecular weight excluding hydrogens is 226 g/mol. The van der Waals surface area contributed by atoms with Gasteiger partial charge in [0.05, 0.1) is 19.3 Å². The second-order valence-electron chi connectivity index (χ2n) is 3.25. The van der Waals surface area contributed by atoms with Gasteiger partial charge in [0.2, 0.25) is 5.91 Å². The predicted octanol–water partition coefficient (Wildman–Crippen LogP) is 0.534. The predicted molar refractivity (Wildman–Crippen MR) is 61.5 cm³/mol. The third kappa shape index (κ3) is 12.4. The van der Waals surface area contributed by atoms with Gasteiger partial charge in [0, 0.05) is 19.6 Å². The zero-order valence-electron chi connectivity index (χ0n) is 9.81. The van der Waals surface area contributed by atoms with Gasteiger partial charge in [-0.25, -0.2) is 0 Å². The molecule has 0 aromatic carbocycles. The van der Waals surface area contributed by atoms with Crippen molar-refractivity contribution in [2.45, 2.75) is 19.3 Å². The smallest absolute Gasteiger partial charge is 0.303 e. The summed E-state index contributed by atoms with van der Waals surface area (Å²) < 4.78 is 10.0. The highest BCUT2D eigenvalue weighted by Gasteiger charge is 2.03. The fourth-order valence-corrected chi connectivity index (χ4v) is 1.00. The molecule has 0 aliphatic rings. The number of ether oxygens (including phenoxy) is 2. The Morgan fingerprint density at radius 2 is 2.00 bits per heavy atom. The van der Waals surface area contributed by atoms with Crippen molar-refractivity contribution in [1.82, 2.24) is 5.32 Å². The largest absolute Gasteiger partial charge is 0.499 e. The molecular formula is C11H19NO5. The Balaban J connectivity index is 3.19. The Labute approximate surface area is 101 Å². The highest BCUT2D eigenvalue weighted by atomic mass is 16.5. The van der Waals surface area contributed by atoms with Gasteiger partial charge in [-0.15, -0.1) is 0 Å². The van der Waals surface area contributed by atoms with Crippen LogP contribution in [0.5, 0.6) is 0 Å². The molecule has 2 N–H and O–H groups in total. The molecule has 0 atom stereocenters. The van der Waals surface area contributed by atoms with Crippen LogP contribution in [0.2, 0.25) is 0 Å². The molecule has 0 aromatic rings. The second-order valence-corrected chi connectivity index (χ2v) is 3.25. The third-order valence-corrected chi connectivity index (χ3v) is 1.82. The lowest BCUT2D eigenvalue weighted by atomic mass is 10.3. The first-order chi connectivity index (χ1) is 8.16. The van der Waals surface area contributed by atoms with Crippen molar-refractivity contribution in [1.29, 1.82) is 0 Å². The fraction of sp³-hybridized carbons (Fsp3) is 0.636. The van der Waals surface area contributed by atoms with E-state index in [2.05, 4.69) is 11.9 Å². The third-order valence-electron chi connectivity index (χ3n) is 1.82. The van der Waals surface area contributed by atoms with E-state index in [1.54, 1.807) is 0 Å². The molecule has 0 aliphatic heterocycles. The summed E-state index contributed by atoms with van der Waals surface area (Å²) in [6.07, 6.45) is 1.92. The van der Waals surface area contributed by atoms with Crippen molar-refractivity contribution in [3.63, 3.8) is 0 Å². The van der Waals surface area contributed by atoms with Crippen LogP contribution in [-0.2, 0) is 19.1 Å². The van der Waals surface area contributed by atoms with Gasteiger partial charge in [-0.2, -0.15) is 0 Å². The summed E-state index contributed by atoms with van der Waals surface area (Å²) in [7, 11) is 0. The average molecular weight is 245 g/mol. The standard InChI is InChI=1S/C11H19NO5/c1-2-16-8-9-17-7-3-6-12-10(13)4-5-11(14)15/h2H,1,3-9H2,(H,12,13)(H,14,15). The molecule has 0 unspecified atom stereocenters. The minimum atomic E-state index is -0.967. The highest BCUT2D eigenvalue weighted by molar-refractivity contribution is 5.80. The molecule has 0 aliphatic carbocycles. The number of hydrogen-bond donors (Lipinski definition) is 2. The fourth-order valence-electron chi connectivity index (χ4n) is 1.00. The number of amides is 1. The van der Waals surface area contributed by atoms with E-state index in [1.807, 2.05) is 0 Å². The summed E-state index contributed by atoms with van der Waals surface area (Å²) in [6, 6.07) is 0. The second kappa shape index (κ2) is 10.9. The van der Waals surface area contributed by atoms with Crippen molar-refractivity contribution in [2.75, 3.05) is 26.4 Å². The van der Waals surface area contributed by atoms with Crippen molar-refractivity contribution in [3.05, 3.63) is 12.8 Å². The van der Waals surface area contributed by atoms with E-state index in [1.165, 1.54) is 6.26 Å². The van der Waals surface area contributed by atoms with E-state index >= 15 is 0 Å². The van der Waals surface area contributed by atoms with E-state index < -0.39 is 5.97 Å². The van der Waals surface area contributed by atoms with Gasteiger partial charge in [0.25, 0.3) is 0 Å². The van der Waals surface area contributed by atoms with E-state index in [-0.39, 0.29) is 18.7 Å². The summed E-state index contributed by atoms with van der Waals surface area (Å²) in [4.78, 5) is 21.3. The molecule has 0 spiro atoms. The van der Waals surface area contributed by atoms with Gasteiger partial charge in [-0.05, 0) is 6.42 Å². The number of carbonyl (C=O) groups excluding carboxylic acids is 1. The maximum absolute atomic E-state index is 11.1. The Hall–Kier alpha value is -1.56. The first-order valence-electron chi connectivity index (χ1n) is 5.45. The van der Waals surface area contributed by atoms with E-state index in [4.69, 9.17) is 14.6 Å². The minimum Gasteiger partial charge on any atom is -0.499 e. The Bertz CT molecular complexity index is 242. The highest BCUT2D eigenvalue weighted by Crippen LogP contribution is 1.89. The van der Waals surface area contributed by atoms with Crippen LogP contribution in [0, 0.1) is 0 Å². The van der Waals surface area contributed by atoms with Crippen LogP contribution in [0.15, 0.2) is 12.8 Å². The van der Waals surface area contributed by atoms with E-state index in [0.717, 1.165) is 0 Å². The zero-order chi connectivity index (χ0) is 12.9. The molecule has 0 aromatic heterocycles. The SMILES string of the molecule is C=COCCOCCCNC(=O)CCC(=O)O. The minimum absolute atomic E-state index is 0.0172. The van der Waals surface area contributed by atoms with Crippen LogP contribution in [-0.4, -0.2) is 43.3 Å². The number of aliphatic carboxylic acids is 1. The molecule has 6 nitrogen and oxygen atoms in total. The van der Waals surface area contributed by atoms with Gasteiger partial charge in [-0.1, -0.05) is 6.58 Å². The lowest BCUT2D eigenvalue weighted by Gasteiger charge is -2.05. The van der Waals surface area contributed by atoms with Gasteiger partial charge < -0.3 is 19.9 Å². The normalized spacial score (nSPS) is 9.65. The molecule has 1 amide bonds. The Kier molecular flexibility index (Phi) is 9.94. The van der Waals surface area contributed by atoms with Crippen molar-refractivity contribution < 1.29 is 24.2 Å². The molecule has 0 heterocycles. The number of carboxylic acid groups (broad SMARTS) is 1. The molecule has 0 fully saturated rings. The molecule has 17 heavy (non-hydrogen) atoms. The van der Waals surface area contributed by atoms with Crippen LogP contribution in [0.25, 0.3) is 0 Å². The van der Waals surface area contributed by atoms with Crippen LogP contribution in [0.4, 0.5) is 0 Å². The lowest BCUT2D eigenvalue weighted by Crippen LogP contribution is -2.25. The van der Waals surface area contributed by atoms with Crippen molar-refractivity contribution >= 4 is 11.9 Å².